The molecule has 40 heavy (non-hydrogen) atoms. The standard InChI is InChI=1S/C30H24F3N5OS/c1-20-9-11-22(12-10-20)27-36-37-29(38(27)25-7-4-6-24(17-25)30(31,32)33)40-19-23-5-2-3-8-26(23)28(39)35-18-21-13-15-34-16-14-21/h2-17H,18-19H2,1H3,(H,35,39). The van der Waals surface area contributed by atoms with Crippen molar-refractivity contribution < 1.29 is 18.0 Å². The fourth-order valence-corrected chi connectivity index (χ4v) is 5.05. The molecule has 0 saturated heterocycles. The minimum absolute atomic E-state index is 0.229. The summed E-state index contributed by atoms with van der Waals surface area (Å²) in [5.74, 6) is 0.544. The van der Waals surface area contributed by atoms with E-state index >= 15 is 0 Å². The molecular formula is C30H24F3N5OS. The summed E-state index contributed by atoms with van der Waals surface area (Å²) >= 11 is 1.29. The number of thioether (sulfide) groups is 1. The van der Waals surface area contributed by atoms with Gasteiger partial charge in [0.25, 0.3) is 5.91 Å². The molecule has 0 spiro atoms. The maximum Gasteiger partial charge on any atom is 0.416 e. The Balaban J connectivity index is 1.45. The lowest BCUT2D eigenvalue weighted by atomic mass is 10.1. The number of amides is 1. The number of hydrogen-bond donors (Lipinski definition) is 1. The van der Waals surface area contributed by atoms with Gasteiger partial charge < -0.3 is 5.32 Å². The van der Waals surface area contributed by atoms with Crippen LogP contribution in [0.2, 0.25) is 0 Å². The van der Waals surface area contributed by atoms with Gasteiger partial charge in [0.2, 0.25) is 0 Å². The lowest BCUT2D eigenvalue weighted by molar-refractivity contribution is -0.137. The van der Waals surface area contributed by atoms with Crippen LogP contribution in [0.15, 0.2) is 102 Å². The highest BCUT2D eigenvalue weighted by Gasteiger charge is 2.31. The maximum absolute atomic E-state index is 13.6. The molecule has 0 radical (unpaired) electrons. The van der Waals surface area contributed by atoms with E-state index in [1.807, 2.05) is 55.5 Å². The fraction of sp³-hybridized carbons (Fsp3) is 0.133. The Hall–Kier alpha value is -4.44. The molecule has 0 bridgehead atoms. The van der Waals surface area contributed by atoms with Crippen LogP contribution in [0.5, 0.6) is 0 Å². The number of nitrogens with zero attached hydrogens (tertiary/aromatic N) is 4. The monoisotopic (exact) mass is 559 g/mol. The predicted molar refractivity (Wildman–Crippen MR) is 148 cm³/mol. The Kier molecular flexibility index (Phi) is 7.97. The fourth-order valence-electron chi connectivity index (χ4n) is 4.10. The second-order valence-electron chi connectivity index (χ2n) is 9.04. The number of alkyl halides is 3. The summed E-state index contributed by atoms with van der Waals surface area (Å²) in [7, 11) is 0. The Morgan fingerprint density at radius 2 is 1.68 bits per heavy atom. The highest BCUT2D eigenvalue weighted by molar-refractivity contribution is 7.98. The molecular weight excluding hydrogens is 535 g/mol. The minimum Gasteiger partial charge on any atom is -0.348 e. The zero-order valence-corrected chi connectivity index (χ0v) is 22.2. The smallest absolute Gasteiger partial charge is 0.348 e. The van der Waals surface area contributed by atoms with Gasteiger partial charge in [0, 0.05) is 35.8 Å². The minimum atomic E-state index is -4.50. The number of hydrogen-bond acceptors (Lipinski definition) is 5. The zero-order chi connectivity index (χ0) is 28.1. The Morgan fingerprint density at radius 3 is 2.42 bits per heavy atom. The van der Waals surface area contributed by atoms with Crippen LogP contribution in [0.4, 0.5) is 13.2 Å². The summed E-state index contributed by atoms with van der Waals surface area (Å²) in [6, 6.07) is 23.5. The van der Waals surface area contributed by atoms with E-state index in [1.54, 1.807) is 35.2 Å². The predicted octanol–water partition coefficient (Wildman–Crippen LogP) is 6.88. The van der Waals surface area contributed by atoms with Gasteiger partial charge in [-0.15, -0.1) is 10.2 Å². The number of halogens is 3. The van der Waals surface area contributed by atoms with Gasteiger partial charge in [-0.1, -0.05) is 65.9 Å². The van der Waals surface area contributed by atoms with Crippen LogP contribution >= 0.6 is 11.8 Å². The number of carbonyl (C=O) groups excluding carboxylic acids is 1. The van der Waals surface area contributed by atoms with E-state index in [2.05, 4.69) is 20.5 Å². The van der Waals surface area contributed by atoms with E-state index in [0.717, 1.165) is 34.4 Å². The SMILES string of the molecule is Cc1ccc(-c2nnc(SCc3ccccc3C(=O)NCc3ccncc3)n2-c2cccc(C(F)(F)F)c2)cc1. The summed E-state index contributed by atoms with van der Waals surface area (Å²) in [5.41, 5.74) is 3.48. The number of aromatic nitrogens is 4. The Morgan fingerprint density at radius 1 is 0.925 bits per heavy atom. The summed E-state index contributed by atoms with van der Waals surface area (Å²) in [5, 5.41) is 12.0. The number of rotatable bonds is 8. The van der Waals surface area contributed by atoms with E-state index in [0.29, 0.717) is 34.5 Å². The average Bonchev–Trinajstić information content (AvgIpc) is 3.39. The van der Waals surface area contributed by atoms with E-state index < -0.39 is 11.7 Å². The molecule has 10 heteroatoms. The van der Waals surface area contributed by atoms with Crippen molar-refractivity contribution in [2.75, 3.05) is 0 Å². The van der Waals surface area contributed by atoms with Crippen molar-refractivity contribution in [3.05, 3.63) is 125 Å². The van der Waals surface area contributed by atoms with Crippen LogP contribution < -0.4 is 5.32 Å². The van der Waals surface area contributed by atoms with Crippen molar-refractivity contribution in [1.82, 2.24) is 25.1 Å². The first-order valence-corrected chi connectivity index (χ1v) is 13.4. The number of aryl methyl sites for hydroxylation is 1. The third kappa shape index (κ3) is 6.23. The van der Waals surface area contributed by atoms with Crippen LogP contribution in [-0.2, 0) is 18.5 Å². The van der Waals surface area contributed by atoms with Crippen LogP contribution in [0.1, 0.15) is 32.6 Å². The second-order valence-corrected chi connectivity index (χ2v) is 9.98. The first-order chi connectivity index (χ1) is 19.3. The Labute approximate surface area is 233 Å². The molecule has 202 valence electrons. The van der Waals surface area contributed by atoms with Gasteiger partial charge in [-0.25, -0.2) is 0 Å². The molecule has 2 heterocycles. The molecule has 0 unspecified atom stereocenters. The van der Waals surface area contributed by atoms with Crippen molar-refractivity contribution in [3.8, 4) is 17.1 Å². The lowest BCUT2D eigenvalue weighted by Crippen LogP contribution is -2.23. The van der Waals surface area contributed by atoms with E-state index in [9.17, 15) is 18.0 Å². The van der Waals surface area contributed by atoms with E-state index in [1.165, 1.54) is 17.8 Å². The number of carbonyl (C=O) groups is 1. The summed E-state index contributed by atoms with van der Waals surface area (Å²) < 4.78 is 42.3. The van der Waals surface area contributed by atoms with Crippen LogP contribution in [0.25, 0.3) is 17.1 Å². The molecule has 1 N–H and O–H groups in total. The third-order valence-corrected chi connectivity index (χ3v) is 7.17. The summed E-state index contributed by atoms with van der Waals surface area (Å²) in [6.07, 6.45) is -1.17. The van der Waals surface area contributed by atoms with Gasteiger partial charge in [-0.3, -0.25) is 14.3 Å². The molecule has 5 rings (SSSR count). The van der Waals surface area contributed by atoms with Crippen LogP contribution in [-0.4, -0.2) is 25.7 Å². The molecule has 3 aromatic carbocycles. The van der Waals surface area contributed by atoms with Gasteiger partial charge >= 0.3 is 6.18 Å². The maximum atomic E-state index is 13.6. The first-order valence-electron chi connectivity index (χ1n) is 12.4. The van der Waals surface area contributed by atoms with Gasteiger partial charge in [-0.05, 0) is 54.4 Å². The van der Waals surface area contributed by atoms with Crippen LogP contribution in [0, 0.1) is 6.92 Å². The van der Waals surface area contributed by atoms with Gasteiger partial charge in [0.05, 0.1) is 11.3 Å². The first kappa shape index (κ1) is 27.1. The highest BCUT2D eigenvalue weighted by atomic mass is 32.2. The molecule has 1 amide bonds. The topological polar surface area (TPSA) is 72.7 Å². The van der Waals surface area contributed by atoms with Crippen molar-refractivity contribution >= 4 is 17.7 Å². The van der Waals surface area contributed by atoms with Gasteiger partial charge in [0.15, 0.2) is 11.0 Å². The molecule has 0 aliphatic heterocycles. The van der Waals surface area contributed by atoms with E-state index in [4.69, 9.17) is 0 Å². The molecule has 5 aromatic rings. The second kappa shape index (κ2) is 11.7. The number of benzene rings is 3. The normalized spacial score (nSPS) is 11.4. The molecule has 6 nitrogen and oxygen atoms in total. The lowest BCUT2D eigenvalue weighted by Gasteiger charge is -2.14. The third-order valence-electron chi connectivity index (χ3n) is 6.20. The van der Waals surface area contributed by atoms with Crippen molar-refractivity contribution in [2.24, 2.45) is 0 Å². The van der Waals surface area contributed by atoms with Crippen molar-refractivity contribution in [1.29, 1.82) is 0 Å². The van der Waals surface area contributed by atoms with Crippen molar-refractivity contribution in [3.63, 3.8) is 0 Å². The number of nitrogens with one attached hydrogen (secondary N) is 1. The van der Waals surface area contributed by atoms with E-state index in [-0.39, 0.29) is 5.91 Å². The molecule has 0 aliphatic carbocycles. The largest absolute Gasteiger partial charge is 0.416 e. The zero-order valence-electron chi connectivity index (χ0n) is 21.4. The van der Waals surface area contributed by atoms with Gasteiger partial charge in [-0.2, -0.15) is 13.2 Å². The highest BCUT2D eigenvalue weighted by Crippen LogP contribution is 2.34. The van der Waals surface area contributed by atoms with Crippen molar-refractivity contribution in [2.45, 2.75) is 30.6 Å². The quantitative estimate of drug-likeness (QED) is 0.210. The number of pyridine rings is 1. The average molecular weight is 560 g/mol. The molecule has 0 fully saturated rings. The Bertz CT molecular complexity index is 1620. The summed E-state index contributed by atoms with van der Waals surface area (Å²) in [4.78, 5) is 17.0. The van der Waals surface area contributed by atoms with Gasteiger partial charge in [0.1, 0.15) is 0 Å². The molecule has 2 aromatic heterocycles. The summed E-state index contributed by atoms with van der Waals surface area (Å²) in [6.45, 7) is 2.31. The van der Waals surface area contributed by atoms with Crippen LogP contribution in [0.3, 0.4) is 0 Å². The molecule has 0 aliphatic rings. The molecule has 0 saturated carbocycles. The molecule has 0 atom stereocenters.